The minimum Gasteiger partial charge on any atom is -0.480 e. The molecule has 0 bridgehead atoms. The lowest BCUT2D eigenvalue weighted by atomic mass is 9.94. The van der Waals surface area contributed by atoms with Crippen molar-refractivity contribution in [1.29, 1.82) is 0 Å². The molecular formula is C12H12ClNO9S. The van der Waals surface area contributed by atoms with Crippen molar-refractivity contribution in [2.24, 2.45) is 0 Å². The first-order chi connectivity index (χ1) is 11.0. The molecule has 1 unspecified atom stereocenters. The molecule has 3 atom stereocenters. The van der Waals surface area contributed by atoms with Gasteiger partial charge in [-0.25, -0.2) is 18.0 Å². The molecule has 24 heavy (non-hydrogen) atoms. The van der Waals surface area contributed by atoms with Crippen LogP contribution in [0, 0.1) is 0 Å². The Morgan fingerprint density at radius 1 is 1.38 bits per heavy atom. The summed E-state index contributed by atoms with van der Waals surface area (Å²) in [4.78, 5) is 46.0. The Labute approximate surface area is 140 Å². The normalized spacial score (nSPS) is 32.2. The van der Waals surface area contributed by atoms with Crippen LogP contribution < -0.4 is 0 Å². The number of rotatable bonds is 5. The van der Waals surface area contributed by atoms with E-state index in [1.165, 1.54) is 0 Å². The van der Waals surface area contributed by atoms with Crippen molar-refractivity contribution >= 4 is 45.3 Å². The van der Waals surface area contributed by atoms with E-state index in [1.807, 2.05) is 0 Å². The van der Waals surface area contributed by atoms with Crippen LogP contribution in [0.15, 0.2) is 11.6 Å². The lowest BCUT2D eigenvalue weighted by molar-refractivity contribution is -0.155. The number of ether oxygens (including phenoxy) is 1. The highest BCUT2D eigenvalue weighted by Crippen LogP contribution is 2.48. The second-order valence-electron chi connectivity index (χ2n) is 5.40. The Kier molecular flexibility index (Phi) is 4.35. The Morgan fingerprint density at radius 2 is 1.96 bits per heavy atom. The lowest BCUT2D eigenvalue weighted by Gasteiger charge is -2.37. The van der Waals surface area contributed by atoms with Crippen LogP contribution in [0.3, 0.4) is 0 Å². The molecule has 2 N–H and O–H groups in total. The standard InChI is InChI=1S/C12H12ClNO9S/c1-12(4-23-7(17)3-13)8(11(19)20)14-9(18)5(2-6(15)16)10(14)24(12,21)22/h2,8,10H,3-4H2,1H3,(H,15,16)(H,19,20)/b5-2-/t8-,10?,12-/m0/s1. The van der Waals surface area contributed by atoms with Crippen LogP contribution >= 0.6 is 11.6 Å². The molecule has 2 aliphatic heterocycles. The third-order valence-corrected chi connectivity index (χ3v) is 6.87. The van der Waals surface area contributed by atoms with E-state index in [2.05, 4.69) is 4.74 Å². The Morgan fingerprint density at radius 3 is 2.42 bits per heavy atom. The first-order valence-corrected chi connectivity index (χ1v) is 8.52. The van der Waals surface area contributed by atoms with E-state index in [1.54, 1.807) is 0 Å². The average molecular weight is 382 g/mol. The number of hydrogen-bond donors (Lipinski definition) is 2. The third-order valence-electron chi connectivity index (χ3n) is 3.94. The molecule has 0 radical (unpaired) electrons. The van der Waals surface area contributed by atoms with E-state index >= 15 is 0 Å². The van der Waals surface area contributed by atoms with Gasteiger partial charge < -0.3 is 19.8 Å². The Balaban J connectivity index is 2.52. The summed E-state index contributed by atoms with van der Waals surface area (Å²) in [6.07, 6.45) is 0.427. The number of amides is 1. The minimum atomic E-state index is -4.38. The van der Waals surface area contributed by atoms with E-state index < -0.39 is 67.9 Å². The maximum atomic E-state index is 12.7. The number of esters is 1. The number of carboxylic acid groups (broad SMARTS) is 2. The largest absolute Gasteiger partial charge is 0.480 e. The summed E-state index contributed by atoms with van der Waals surface area (Å²) in [5, 5.41) is 16.4. The molecule has 2 aliphatic rings. The third kappa shape index (κ3) is 2.35. The molecule has 132 valence electrons. The van der Waals surface area contributed by atoms with Crippen molar-refractivity contribution in [3.63, 3.8) is 0 Å². The van der Waals surface area contributed by atoms with Gasteiger partial charge in [-0.3, -0.25) is 9.59 Å². The molecule has 0 aliphatic carbocycles. The number of β-lactam (4-membered cyclic amide) rings is 1. The van der Waals surface area contributed by atoms with Gasteiger partial charge in [0.05, 0.1) is 5.57 Å². The molecule has 0 saturated carbocycles. The van der Waals surface area contributed by atoms with Gasteiger partial charge in [0, 0.05) is 6.08 Å². The van der Waals surface area contributed by atoms with Crippen LogP contribution in [0.1, 0.15) is 6.92 Å². The van der Waals surface area contributed by atoms with Gasteiger partial charge in [-0.15, -0.1) is 11.6 Å². The van der Waals surface area contributed by atoms with Crippen LogP contribution in [0.4, 0.5) is 0 Å². The van der Waals surface area contributed by atoms with Gasteiger partial charge in [-0.1, -0.05) is 0 Å². The summed E-state index contributed by atoms with van der Waals surface area (Å²) in [6.45, 7) is 0.186. The van der Waals surface area contributed by atoms with Gasteiger partial charge >= 0.3 is 17.9 Å². The van der Waals surface area contributed by atoms with E-state index in [0.29, 0.717) is 11.0 Å². The van der Waals surface area contributed by atoms with Crippen LogP contribution in [0.25, 0.3) is 0 Å². The lowest BCUT2D eigenvalue weighted by Crippen LogP contribution is -2.59. The highest BCUT2D eigenvalue weighted by molar-refractivity contribution is 7.94. The summed E-state index contributed by atoms with van der Waals surface area (Å²) in [7, 11) is -4.38. The number of sulfone groups is 1. The molecule has 10 nitrogen and oxygen atoms in total. The monoisotopic (exact) mass is 381 g/mol. The average Bonchev–Trinajstić information content (AvgIpc) is 2.65. The predicted octanol–water partition coefficient (Wildman–Crippen LogP) is -1.41. The number of alkyl halides is 1. The van der Waals surface area contributed by atoms with Crippen molar-refractivity contribution in [2.75, 3.05) is 12.5 Å². The van der Waals surface area contributed by atoms with Crippen LogP contribution in [0.5, 0.6) is 0 Å². The van der Waals surface area contributed by atoms with Crippen LogP contribution in [-0.4, -0.2) is 76.0 Å². The smallest absolute Gasteiger partial charge is 0.328 e. The number of carbonyl (C=O) groups excluding carboxylic acids is 2. The molecule has 0 aromatic carbocycles. The molecule has 0 aromatic rings. The van der Waals surface area contributed by atoms with Gasteiger partial charge in [0.25, 0.3) is 5.91 Å². The second kappa shape index (κ2) is 5.74. The van der Waals surface area contributed by atoms with Gasteiger partial charge in [0.1, 0.15) is 17.2 Å². The first-order valence-electron chi connectivity index (χ1n) is 6.44. The second-order valence-corrected chi connectivity index (χ2v) is 8.13. The summed E-state index contributed by atoms with van der Waals surface area (Å²) in [5.74, 6) is -5.69. The van der Waals surface area contributed by atoms with Gasteiger partial charge in [0.15, 0.2) is 21.3 Å². The fraction of sp³-hybridized carbons (Fsp3) is 0.500. The molecule has 0 spiro atoms. The predicted molar refractivity (Wildman–Crippen MR) is 76.8 cm³/mol. The van der Waals surface area contributed by atoms with Gasteiger partial charge in [0.2, 0.25) is 0 Å². The SMILES string of the molecule is C[C@]1(COC(=O)CCl)[C@H](C(=O)O)N2C(=O)/C(=C/C(=O)O)C2S1(=O)=O. The number of carbonyl (C=O) groups is 4. The Bertz CT molecular complexity index is 773. The number of nitrogens with zero attached hydrogens (tertiary/aromatic N) is 1. The zero-order chi connectivity index (χ0) is 18.4. The number of aliphatic carboxylic acids is 2. The van der Waals surface area contributed by atoms with Gasteiger partial charge in [-0.2, -0.15) is 0 Å². The number of hydrogen-bond acceptors (Lipinski definition) is 7. The minimum absolute atomic E-state index is 0.427. The molecule has 2 fully saturated rings. The maximum absolute atomic E-state index is 12.7. The zero-order valence-corrected chi connectivity index (χ0v) is 13.7. The van der Waals surface area contributed by atoms with Crippen molar-refractivity contribution in [1.82, 2.24) is 4.90 Å². The summed E-state index contributed by atoms with van der Waals surface area (Å²) in [6, 6.07) is -1.82. The summed E-state index contributed by atoms with van der Waals surface area (Å²) in [5.41, 5.74) is -0.541. The van der Waals surface area contributed by atoms with Crippen molar-refractivity contribution < 1.29 is 42.5 Å². The summed E-state index contributed by atoms with van der Waals surface area (Å²) < 4.78 is 28.0. The topological polar surface area (TPSA) is 155 Å². The molecule has 12 heteroatoms. The molecule has 0 aromatic heterocycles. The van der Waals surface area contributed by atoms with Crippen LogP contribution in [-0.2, 0) is 33.8 Å². The highest BCUT2D eigenvalue weighted by Gasteiger charge is 2.72. The Hall–Kier alpha value is -2.14. The van der Waals surface area contributed by atoms with Crippen LogP contribution in [0.2, 0.25) is 0 Å². The highest BCUT2D eigenvalue weighted by atomic mass is 35.5. The molecule has 2 heterocycles. The molecular weight excluding hydrogens is 370 g/mol. The molecule has 2 saturated heterocycles. The van der Waals surface area contributed by atoms with E-state index in [9.17, 15) is 32.7 Å². The number of halogens is 1. The zero-order valence-electron chi connectivity index (χ0n) is 12.1. The fourth-order valence-electron chi connectivity index (χ4n) is 2.79. The maximum Gasteiger partial charge on any atom is 0.328 e. The summed E-state index contributed by atoms with van der Waals surface area (Å²) >= 11 is 5.25. The molecule has 2 rings (SSSR count). The van der Waals surface area contributed by atoms with Gasteiger partial charge in [-0.05, 0) is 6.92 Å². The quantitative estimate of drug-likeness (QED) is 0.253. The number of fused-ring (bicyclic) bond motifs is 1. The van der Waals surface area contributed by atoms with Crippen molar-refractivity contribution in [3.05, 3.63) is 11.6 Å². The van der Waals surface area contributed by atoms with E-state index in [-0.39, 0.29) is 0 Å². The van der Waals surface area contributed by atoms with E-state index in [4.69, 9.17) is 16.7 Å². The van der Waals surface area contributed by atoms with Crippen molar-refractivity contribution in [2.45, 2.75) is 23.1 Å². The fourth-order valence-corrected chi connectivity index (χ4v) is 5.14. The number of carboxylic acids is 2. The first kappa shape index (κ1) is 18.2. The van der Waals surface area contributed by atoms with E-state index in [0.717, 1.165) is 6.92 Å². The van der Waals surface area contributed by atoms with Crippen molar-refractivity contribution in [3.8, 4) is 0 Å². The molecule has 1 amide bonds.